The van der Waals surface area contributed by atoms with E-state index in [2.05, 4.69) is 59.1 Å². The minimum Gasteiger partial charge on any atom is -0.346 e. The molecule has 0 amide bonds. The molecule has 0 bridgehead atoms. The van der Waals surface area contributed by atoms with Crippen LogP contribution in [0.5, 0.6) is 0 Å². The van der Waals surface area contributed by atoms with Crippen molar-refractivity contribution in [1.29, 1.82) is 0 Å². The Hall–Kier alpha value is -0.610. The Morgan fingerprint density at radius 1 is 1.45 bits per heavy atom. The zero-order valence-corrected chi connectivity index (χ0v) is 14.9. The monoisotopic (exact) mass is 354 g/mol. The third kappa shape index (κ3) is 3.73. The number of piperidine rings is 1. The predicted molar refractivity (Wildman–Crippen MR) is 94.3 cm³/mol. The van der Waals surface area contributed by atoms with Gasteiger partial charge in [-0.1, -0.05) is 29.3 Å². The molecular weight excluding hydrogens is 332 g/mol. The van der Waals surface area contributed by atoms with Gasteiger partial charge in [0.15, 0.2) is 5.11 Å². The molecule has 4 heteroatoms. The van der Waals surface area contributed by atoms with Gasteiger partial charge in [0.1, 0.15) is 0 Å². The van der Waals surface area contributed by atoms with Gasteiger partial charge in [0.25, 0.3) is 0 Å². The Kier molecular flexibility index (Phi) is 5.44. The Morgan fingerprint density at radius 2 is 2.20 bits per heavy atom. The standard InChI is InChI=1S/C16H23BrN2S/c1-4-13-6-5-12(3)19(10-13)16(20)18-15-8-7-14(17)9-11(15)2/h7-9,12-13H,4-6,10H2,1-3H3,(H,18,20)/t12-,13-/m0/s1. The van der Waals surface area contributed by atoms with E-state index in [0.717, 1.165) is 27.7 Å². The number of hydrogen-bond acceptors (Lipinski definition) is 1. The molecule has 1 heterocycles. The second kappa shape index (κ2) is 6.90. The second-order valence-corrected chi connectivity index (χ2v) is 7.04. The highest BCUT2D eigenvalue weighted by atomic mass is 79.9. The van der Waals surface area contributed by atoms with E-state index in [4.69, 9.17) is 12.2 Å². The van der Waals surface area contributed by atoms with Crippen molar-refractivity contribution in [3.05, 3.63) is 28.2 Å². The molecule has 1 aromatic carbocycles. The first-order valence-corrected chi connectivity index (χ1v) is 8.55. The molecule has 20 heavy (non-hydrogen) atoms. The fraction of sp³-hybridized carbons (Fsp3) is 0.562. The van der Waals surface area contributed by atoms with Gasteiger partial charge in [0.05, 0.1) is 0 Å². The molecule has 0 aromatic heterocycles. The molecule has 0 unspecified atom stereocenters. The summed E-state index contributed by atoms with van der Waals surface area (Å²) in [6, 6.07) is 6.78. The lowest BCUT2D eigenvalue weighted by Gasteiger charge is -2.39. The van der Waals surface area contributed by atoms with Crippen molar-refractivity contribution in [3.63, 3.8) is 0 Å². The molecular formula is C16H23BrN2S. The fourth-order valence-electron chi connectivity index (χ4n) is 2.75. The number of halogens is 1. The van der Waals surface area contributed by atoms with Crippen molar-refractivity contribution in [2.75, 3.05) is 11.9 Å². The highest BCUT2D eigenvalue weighted by Gasteiger charge is 2.26. The minimum atomic E-state index is 0.536. The Balaban J connectivity index is 2.06. The van der Waals surface area contributed by atoms with Gasteiger partial charge in [-0.2, -0.15) is 0 Å². The first-order chi connectivity index (χ1) is 9.51. The van der Waals surface area contributed by atoms with Crippen LogP contribution >= 0.6 is 28.1 Å². The van der Waals surface area contributed by atoms with Crippen molar-refractivity contribution in [1.82, 2.24) is 4.90 Å². The predicted octanol–water partition coefficient (Wildman–Crippen LogP) is 4.96. The normalized spacial score (nSPS) is 22.7. The van der Waals surface area contributed by atoms with Crippen molar-refractivity contribution >= 4 is 38.9 Å². The van der Waals surface area contributed by atoms with Crippen LogP contribution in [0.4, 0.5) is 5.69 Å². The van der Waals surface area contributed by atoms with Crippen LogP contribution in [0.2, 0.25) is 0 Å². The summed E-state index contributed by atoms with van der Waals surface area (Å²) in [5, 5.41) is 4.28. The number of nitrogens with one attached hydrogen (secondary N) is 1. The molecule has 0 saturated carbocycles. The summed E-state index contributed by atoms with van der Waals surface area (Å²) in [7, 11) is 0. The second-order valence-electron chi connectivity index (χ2n) is 5.74. The van der Waals surface area contributed by atoms with Gasteiger partial charge in [0, 0.05) is 22.7 Å². The van der Waals surface area contributed by atoms with Gasteiger partial charge in [-0.15, -0.1) is 0 Å². The van der Waals surface area contributed by atoms with E-state index in [9.17, 15) is 0 Å². The van der Waals surface area contributed by atoms with E-state index in [1.807, 2.05) is 6.07 Å². The van der Waals surface area contributed by atoms with E-state index in [1.165, 1.54) is 24.8 Å². The summed E-state index contributed by atoms with van der Waals surface area (Å²) in [5.74, 6) is 0.775. The highest BCUT2D eigenvalue weighted by Crippen LogP contribution is 2.26. The third-order valence-electron chi connectivity index (χ3n) is 4.25. The first kappa shape index (κ1) is 15.8. The SMILES string of the molecule is CC[C@H]1CC[C@H](C)N(C(=S)Nc2ccc(Br)cc2C)C1. The van der Waals surface area contributed by atoms with Crippen LogP contribution in [0.1, 0.15) is 38.7 Å². The molecule has 1 aliphatic rings. The zero-order chi connectivity index (χ0) is 14.7. The molecule has 2 nitrogen and oxygen atoms in total. The van der Waals surface area contributed by atoms with Gasteiger partial charge in [-0.3, -0.25) is 0 Å². The van der Waals surface area contributed by atoms with Crippen LogP contribution < -0.4 is 5.32 Å². The van der Waals surface area contributed by atoms with Gasteiger partial charge < -0.3 is 10.2 Å². The van der Waals surface area contributed by atoms with Crippen LogP contribution in [0.25, 0.3) is 0 Å². The summed E-state index contributed by atoms with van der Waals surface area (Å²) in [6.45, 7) is 7.73. The van der Waals surface area contributed by atoms with E-state index in [-0.39, 0.29) is 0 Å². The van der Waals surface area contributed by atoms with E-state index < -0.39 is 0 Å². The molecule has 1 saturated heterocycles. The number of rotatable bonds is 2. The average Bonchev–Trinajstić information content (AvgIpc) is 2.42. The third-order valence-corrected chi connectivity index (χ3v) is 5.08. The largest absolute Gasteiger partial charge is 0.346 e. The number of likely N-dealkylation sites (tertiary alicyclic amines) is 1. The molecule has 2 atom stereocenters. The van der Waals surface area contributed by atoms with Crippen LogP contribution in [-0.4, -0.2) is 22.6 Å². The summed E-state index contributed by atoms with van der Waals surface area (Å²) in [6.07, 6.45) is 3.80. The number of anilines is 1. The first-order valence-electron chi connectivity index (χ1n) is 7.35. The van der Waals surface area contributed by atoms with Crippen LogP contribution in [0, 0.1) is 12.8 Å². The van der Waals surface area contributed by atoms with Crippen molar-refractivity contribution < 1.29 is 0 Å². The van der Waals surface area contributed by atoms with Gasteiger partial charge >= 0.3 is 0 Å². The molecule has 2 rings (SSSR count). The van der Waals surface area contributed by atoms with E-state index >= 15 is 0 Å². The molecule has 0 spiro atoms. The highest BCUT2D eigenvalue weighted by molar-refractivity contribution is 9.10. The number of thiocarbonyl (C=S) groups is 1. The van der Waals surface area contributed by atoms with E-state index in [0.29, 0.717) is 6.04 Å². The Bertz CT molecular complexity index is 489. The topological polar surface area (TPSA) is 15.3 Å². The van der Waals surface area contributed by atoms with E-state index in [1.54, 1.807) is 0 Å². The smallest absolute Gasteiger partial charge is 0.173 e. The van der Waals surface area contributed by atoms with Gasteiger partial charge in [-0.05, 0) is 68.6 Å². The summed E-state index contributed by atoms with van der Waals surface area (Å²) >= 11 is 9.12. The molecule has 0 radical (unpaired) electrons. The van der Waals surface area contributed by atoms with Gasteiger partial charge in [0.2, 0.25) is 0 Å². The summed E-state index contributed by atoms with van der Waals surface area (Å²) in [4.78, 5) is 2.36. The number of benzene rings is 1. The maximum atomic E-state index is 5.63. The van der Waals surface area contributed by atoms with Crippen LogP contribution in [-0.2, 0) is 0 Å². The molecule has 1 aromatic rings. The zero-order valence-electron chi connectivity index (χ0n) is 12.4. The lowest BCUT2D eigenvalue weighted by Crippen LogP contribution is -2.47. The molecule has 1 fully saturated rings. The molecule has 110 valence electrons. The maximum absolute atomic E-state index is 5.63. The number of hydrogen-bond donors (Lipinski definition) is 1. The Labute approximate surface area is 136 Å². The molecule has 1 N–H and O–H groups in total. The average molecular weight is 355 g/mol. The van der Waals surface area contributed by atoms with Crippen LogP contribution in [0.15, 0.2) is 22.7 Å². The Morgan fingerprint density at radius 3 is 2.85 bits per heavy atom. The molecule has 1 aliphatic heterocycles. The lowest BCUT2D eigenvalue weighted by molar-refractivity contribution is 0.196. The number of nitrogens with zero attached hydrogens (tertiary/aromatic N) is 1. The number of aryl methyl sites for hydroxylation is 1. The minimum absolute atomic E-state index is 0.536. The van der Waals surface area contributed by atoms with Crippen LogP contribution in [0.3, 0.4) is 0 Å². The van der Waals surface area contributed by atoms with Crippen molar-refractivity contribution in [2.45, 2.75) is 46.1 Å². The van der Waals surface area contributed by atoms with Crippen molar-refractivity contribution in [3.8, 4) is 0 Å². The quantitative estimate of drug-likeness (QED) is 0.755. The lowest BCUT2D eigenvalue weighted by atomic mass is 9.92. The fourth-order valence-corrected chi connectivity index (χ4v) is 3.59. The summed E-state index contributed by atoms with van der Waals surface area (Å²) < 4.78 is 1.10. The summed E-state index contributed by atoms with van der Waals surface area (Å²) in [5.41, 5.74) is 2.31. The molecule has 0 aliphatic carbocycles. The maximum Gasteiger partial charge on any atom is 0.173 e. The van der Waals surface area contributed by atoms with Crippen molar-refractivity contribution in [2.24, 2.45) is 5.92 Å². The van der Waals surface area contributed by atoms with Gasteiger partial charge in [-0.25, -0.2) is 0 Å².